The normalized spacial score (nSPS) is 12.7. The quantitative estimate of drug-likeness (QED) is 0.208. The molecule has 6 nitrogen and oxygen atoms in total. The van der Waals surface area contributed by atoms with E-state index in [0.717, 1.165) is 0 Å². The second-order valence-corrected chi connectivity index (χ2v) is 9.39. The van der Waals surface area contributed by atoms with Crippen molar-refractivity contribution in [1.82, 2.24) is 0 Å². The Bertz CT molecular complexity index is 2120. The molecule has 0 radical (unpaired) electrons. The van der Waals surface area contributed by atoms with E-state index < -0.39 is 103 Å². The second-order valence-electron chi connectivity index (χ2n) is 9.39. The lowest BCUT2D eigenvalue weighted by Crippen LogP contribution is -2.24. The van der Waals surface area contributed by atoms with Gasteiger partial charge in [-0.1, -0.05) is 0 Å². The van der Waals surface area contributed by atoms with Crippen molar-refractivity contribution < 1.29 is 26.3 Å². The van der Waals surface area contributed by atoms with Crippen LogP contribution in [0, 0.1) is 81.7 Å². The minimum absolute atomic E-state index is 0.225. The standard InChI is InChI=1S/C32H8F6N6/c1-43-32(44-2)19-8-18-27(14-5-24(35)21(12-42)25(36)6-14)28-17(7-16(30(28)37)15(9-39)10-40)26(29(18)31(19)38)13-3-22(33)20(11-41)23(34)4-13/h3-6H,7-8H2. The summed E-state index contributed by atoms with van der Waals surface area (Å²) in [7, 11) is 0. The van der Waals surface area contributed by atoms with Crippen LogP contribution in [0.2, 0.25) is 0 Å². The Morgan fingerprint density at radius 2 is 0.977 bits per heavy atom. The lowest BCUT2D eigenvalue weighted by molar-refractivity contribution is 0.576. The zero-order valence-corrected chi connectivity index (χ0v) is 21.7. The predicted molar refractivity (Wildman–Crippen MR) is 141 cm³/mol. The summed E-state index contributed by atoms with van der Waals surface area (Å²) >= 11 is 0. The summed E-state index contributed by atoms with van der Waals surface area (Å²) in [4.78, 5) is 6.05. The molecule has 0 aromatic heterocycles. The highest BCUT2D eigenvalue weighted by molar-refractivity contribution is 5.90. The Morgan fingerprint density at radius 1 is 0.614 bits per heavy atom. The molecule has 3 aromatic rings. The van der Waals surface area contributed by atoms with Gasteiger partial charge in [0.2, 0.25) is 0 Å². The third-order valence-corrected chi connectivity index (χ3v) is 7.28. The van der Waals surface area contributed by atoms with Gasteiger partial charge in [0.15, 0.2) is 0 Å². The van der Waals surface area contributed by atoms with Crippen molar-refractivity contribution in [2.24, 2.45) is 0 Å². The molecular weight excluding hydrogens is 582 g/mol. The number of hydrogen-bond acceptors (Lipinski definition) is 4. The first-order valence-corrected chi connectivity index (χ1v) is 12.1. The molecule has 0 saturated carbocycles. The molecule has 2 aliphatic rings. The molecule has 0 saturated heterocycles. The number of rotatable bonds is 2. The van der Waals surface area contributed by atoms with Crippen molar-refractivity contribution in [3.05, 3.63) is 126 Å². The molecular formula is C32H8F6N6. The fraction of sp³-hybridized carbons (Fsp3) is 0.0625. The molecule has 5 rings (SSSR count). The van der Waals surface area contributed by atoms with Crippen LogP contribution in [0.15, 0.2) is 46.8 Å². The maximum Gasteiger partial charge on any atom is 0.525 e. The first-order valence-electron chi connectivity index (χ1n) is 12.1. The van der Waals surface area contributed by atoms with Gasteiger partial charge in [0.25, 0.3) is 0 Å². The average molecular weight is 590 g/mol. The van der Waals surface area contributed by atoms with E-state index in [1.807, 2.05) is 0 Å². The van der Waals surface area contributed by atoms with Gasteiger partial charge in [0, 0.05) is 28.9 Å². The largest absolute Gasteiger partial charge is 0.525 e. The number of allylic oxidation sites excluding steroid dienone is 3. The van der Waals surface area contributed by atoms with Crippen LogP contribution in [0.4, 0.5) is 26.3 Å². The third kappa shape index (κ3) is 4.07. The highest BCUT2D eigenvalue weighted by atomic mass is 19.2. The van der Waals surface area contributed by atoms with Gasteiger partial charge < -0.3 is 0 Å². The van der Waals surface area contributed by atoms with Crippen molar-refractivity contribution in [2.45, 2.75) is 12.8 Å². The van der Waals surface area contributed by atoms with Crippen molar-refractivity contribution in [3.63, 3.8) is 0 Å². The lowest BCUT2D eigenvalue weighted by Gasteiger charge is -2.16. The summed E-state index contributed by atoms with van der Waals surface area (Å²) in [5.74, 6) is -8.56. The van der Waals surface area contributed by atoms with Crippen molar-refractivity contribution in [1.29, 1.82) is 21.0 Å². The van der Waals surface area contributed by atoms with Gasteiger partial charge in [0.05, 0.1) is 5.57 Å². The third-order valence-electron chi connectivity index (χ3n) is 7.28. The molecule has 208 valence electrons. The zero-order chi connectivity index (χ0) is 32.0. The molecule has 0 spiro atoms. The zero-order valence-electron chi connectivity index (χ0n) is 21.7. The van der Waals surface area contributed by atoms with E-state index in [9.17, 15) is 28.1 Å². The summed E-state index contributed by atoms with van der Waals surface area (Å²) in [5.41, 5.74) is -5.55. The molecule has 0 unspecified atom stereocenters. The van der Waals surface area contributed by atoms with Crippen molar-refractivity contribution >= 4 is 11.7 Å². The maximum atomic E-state index is 16.3. The van der Waals surface area contributed by atoms with Crippen LogP contribution in [0.1, 0.15) is 22.3 Å². The Kier molecular flexibility index (Phi) is 7.01. The molecule has 0 heterocycles. The molecule has 0 N–H and O–H groups in total. The van der Waals surface area contributed by atoms with E-state index >= 15 is 8.78 Å². The van der Waals surface area contributed by atoms with E-state index in [1.54, 1.807) is 0 Å². The highest BCUT2D eigenvalue weighted by Crippen LogP contribution is 2.40. The van der Waals surface area contributed by atoms with Crippen LogP contribution in [0.5, 0.6) is 0 Å². The van der Waals surface area contributed by atoms with Crippen LogP contribution >= 0.6 is 0 Å². The number of nitriles is 4. The molecule has 0 aliphatic heterocycles. The van der Waals surface area contributed by atoms with E-state index in [0.29, 0.717) is 24.3 Å². The molecule has 0 amide bonds. The van der Waals surface area contributed by atoms with E-state index in [2.05, 4.69) is 9.69 Å². The smallest absolute Gasteiger partial charge is 0.207 e. The van der Waals surface area contributed by atoms with Crippen LogP contribution in [0.3, 0.4) is 0 Å². The number of fused-ring (bicyclic) bond motifs is 2. The summed E-state index contributed by atoms with van der Waals surface area (Å²) in [6, 6.07) is 8.52. The van der Waals surface area contributed by atoms with E-state index in [1.165, 1.54) is 24.3 Å². The van der Waals surface area contributed by atoms with Crippen molar-refractivity contribution in [3.8, 4) is 46.5 Å². The van der Waals surface area contributed by atoms with Gasteiger partial charge in [-0.05, 0) is 57.6 Å². The minimum Gasteiger partial charge on any atom is -0.207 e. The molecule has 0 fully saturated rings. The van der Waals surface area contributed by atoms with Gasteiger partial charge in [-0.15, -0.1) is 0 Å². The van der Waals surface area contributed by atoms with Crippen LogP contribution in [-0.2, 0) is 12.8 Å². The summed E-state index contributed by atoms with van der Waals surface area (Å²) in [6.07, 6.45) is -1.21. The fourth-order valence-electron chi connectivity index (χ4n) is 5.48. The Morgan fingerprint density at radius 3 is 1.32 bits per heavy atom. The highest BCUT2D eigenvalue weighted by Gasteiger charge is 2.37. The second kappa shape index (κ2) is 10.7. The van der Waals surface area contributed by atoms with Gasteiger partial charge in [-0.2, -0.15) is 30.7 Å². The van der Waals surface area contributed by atoms with Crippen LogP contribution < -0.4 is 10.4 Å². The fourth-order valence-corrected chi connectivity index (χ4v) is 5.48. The molecule has 44 heavy (non-hydrogen) atoms. The summed E-state index contributed by atoms with van der Waals surface area (Å²) < 4.78 is 92.2. The topological polar surface area (TPSA) is 104 Å². The molecule has 0 atom stereocenters. The minimum atomic E-state index is -1.35. The number of benzene rings is 3. The molecule has 3 aromatic carbocycles. The number of halogens is 6. The Labute approximate surface area is 244 Å². The monoisotopic (exact) mass is 590 g/mol. The maximum absolute atomic E-state index is 16.3. The number of hydrogen-bond donors (Lipinski definition) is 0. The Balaban J connectivity index is 2.12. The predicted octanol–water partition coefficient (Wildman–Crippen LogP) is 5.98. The summed E-state index contributed by atoms with van der Waals surface area (Å²) in [6.45, 7) is 14.6. The number of nitrogens with zero attached hydrogens (tertiary/aromatic N) is 6. The van der Waals surface area contributed by atoms with Gasteiger partial charge in [-0.3, -0.25) is 0 Å². The molecule has 12 heteroatoms. The average Bonchev–Trinajstić information content (AvgIpc) is 3.50. The molecule has 2 aliphatic carbocycles. The SMILES string of the molecule is [C-]#[N+]C([N+]#[C-])=C1Cc2c(-c3cc(F)c(C#N)c(F)c3)c3c(c(-c4cc(F)c(C#N)c(F)c4)c2=C1F)CC(=C(C#N)C#N)C=3F. The van der Waals surface area contributed by atoms with Gasteiger partial charge in [-0.25, -0.2) is 26.3 Å². The molecule has 0 bridgehead atoms. The van der Waals surface area contributed by atoms with Crippen molar-refractivity contribution in [2.75, 3.05) is 0 Å². The Hall–Kier alpha value is -6.60. The van der Waals surface area contributed by atoms with Gasteiger partial charge in [0.1, 0.15) is 89.0 Å². The van der Waals surface area contributed by atoms with Crippen LogP contribution in [0.25, 0.3) is 43.6 Å². The van der Waals surface area contributed by atoms with E-state index in [4.69, 9.17) is 23.7 Å². The first kappa shape index (κ1) is 28.9. The lowest BCUT2D eigenvalue weighted by atomic mass is 9.86. The van der Waals surface area contributed by atoms with Crippen LogP contribution in [-0.4, -0.2) is 0 Å². The van der Waals surface area contributed by atoms with E-state index in [-0.39, 0.29) is 22.3 Å². The van der Waals surface area contributed by atoms with Gasteiger partial charge >= 0.3 is 5.82 Å². The summed E-state index contributed by atoms with van der Waals surface area (Å²) in [5, 5.41) is 36.3. The first-order chi connectivity index (χ1) is 21.1.